The smallest absolute Gasteiger partial charge is 0.124 e. The Balaban J connectivity index is 2.36. The monoisotopic (exact) mass is 262 g/mol. The highest BCUT2D eigenvalue weighted by atomic mass is 16.5. The minimum Gasteiger partial charge on any atom is -0.496 e. The fourth-order valence-corrected chi connectivity index (χ4v) is 3.11. The molecule has 1 fully saturated rings. The maximum Gasteiger partial charge on any atom is 0.124 e. The van der Waals surface area contributed by atoms with E-state index in [9.17, 15) is 5.11 Å². The van der Waals surface area contributed by atoms with Crippen LogP contribution in [0.5, 0.6) is 5.75 Å². The largest absolute Gasteiger partial charge is 0.496 e. The van der Waals surface area contributed by atoms with Gasteiger partial charge in [0, 0.05) is 5.56 Å². The van der Waals surface area contributed by atoms with E-state index in [1.54, 1.807) is 7.11 Å². The molecule has 0 heterocycles. The summed E-state index contributed by atoms with van der Waals surface area (Å²) in [5.74, 6) is 0.813. The molecule has 2 rings (SSSR count). The number of hydrogen-bond donors (Lipinski definition) is 1. The Morgan fingerprint density at radius 1 is 1.11 bits per heavy atom. The average Bonchev–Trinajstić information content (AvgIpc) is 2.49. The van der Waals surface area contributed by atoms with Gasteiger partial charge >= 0.3 is 0 Å². The van der Waals surface area contributed by atoms with Crippen LogP contribution in [0.3, 0.4) is 0 Å². The fourth-order valence-electron chi connectivity index (χ4n) is 3.11. The first-order chi connectivity index (χ1) is 8.86. The van der Waals surface area contributed by atoms with E-state index in [4.69, 9.17) is 4.74 Å². The van der Waals surface area contributed by atoms with Crippen molar-refractivity contribution in [3.8, 4) is 5.75 Å². The Hall–Kier alpha value is -1.02. The molecule has 1 aliphatic carbocycles. The zero-order valence-corrected chi connectivity index (χ0v) is 12.6. The summed E-state index contributed by atoms with van der Waals surface area (Å²) in [6, 6.07) is 6.09. The molecule has 0 saturated heterocycles. The van der Waals surface area contributed by atoms with Gasteiger partial charge < -0.3 is 9.84 Å². The van der Waals surface area contributed by atoms with Gasteiger partial charge in [0.1, 0.15) is 5.75 Å². The lowest BCUT2D eigenvalue weighted by Gasteiger charge is -2.30. The van der Waals surface area contributed by atoms with E-state index in [1.165, 1.54) is 12.0 Å². The molecule has 0 spiro atoms. The quantitative estimate of drug-likeness (QED) is 0.810. The second kappa shape index (κ2) is 5.16. The van der Waals surface area contributed by atoms with Crippen LogP contribution in [0.4, 0.5) is 0 Å². The van der Waals surface area contributed by atoms with Gasteiger partial charge in [-0.3, -0.25) is 0 Å². The minimum absolute atomic E-state index is 0.335. The Morgan fingerprint density at radius 3 is 2.53 bits per heavy atom. The van der Waals surface area contributed by atoms with Crippen LogP contribution in [0.15, 0.2) is 18.2 Å². The first kappa shape index (κ1) is 14.4. The van der Waals surface area contributed by atoms with Crippen molar-refractivity contribution in [1.29, 1.82) is 0 Å². The number of rotatable bonds is 2. The Bertz CT molecular complexity index is 451. The number of methoxy groups -OCH3 is 1. The van der Waals surface area contributed by atoms with Crippen LogP contribution < -0.4 is 4.74 Å². The lowest BCUT2D eigenvalue weighted by atomic mass is 9.82. The first-order valence-electron chi connectivity index (χ1n) is 7.24. The summed E-state index contributed by atoms with van der Waals surface area (Å²) in [5, 5.41) is 11.1. The fraction of sp³-hybridized carbons (Fsp3) is 0.647. The molecular formula is C17H26O2. The van der Waals surface area contributed by atoms with Crippen molar-refractivity contribution in [2.45, 2.75) is 58.5 Å². The summed E-state index contributed by atoms with van der Waals surface area (Å²) in [5.41, 5.74) is 1.74. The van der Waals surface area contributed by atoms with Crippen molar-refractivity contribution in [2.75, 3.05) is 7.11 Å². The summed E-state index contributed by atoms with van der Waals surface area (Å²) in [6.07, 6.45) is 4.96. The van der Waals surface area contributed by atoms with E-state index < -0.39 is 5.60 Å². The van der Waals surface area contributed by atoms with Crippen LogP contribution >= 0.6 is 0 Å². The van der Waals surface area contributed by atoms with Gasteiger partial charge in [-0.25, -0.2) is 0 Å². The number of hydrogen-bond acceptors (Lipinski definition) is 2. The summed E-state index contributed by atoms with van der Waals surface area (Å²) < 4.78 is 5.45. The lowest BCUT2D eigenvalue weighted by Crippen LogP contribution is -2.26. The van der Waals surface area contributed by atoms with Crippen LogP contribution in [0.2, 0.25) is 0 Å². The molecule has 0 amide bonds. The summed E-state index contributed by atoms with van der Waals surface area (Å²) in [4.78, 5) is 0. The molecule has 2 heteroatoms. The molecule has 1 aromatic rings. The molecule has 2 nitrogen and oxygen atoms in total. The van der Waals surface area contributed by atoms with Gasteiger partial charge in [0.2, 0.25) is 0 Å². The molecule has 1 aliphatic rings. The van der Waals surface area contributed by atoms with E-state index in [-0.39, 0.29) is 0 Å². The summed E-state index contributed by atoms with van der Waals surface area (Å²) >= 11 is 0. The van der Waals surface area contributed by atoms with Crippen molar-refractivity contribution in [2.24, 2.45) is 5.41 Å². The van der Waals surface area contributed by atoms with Crippen LogP contribution in [0, 0.1) is 12.3 Å². The van der Waals surface area contributed by atoms with Gasteiger partial charge in [-0.15, -0.1) is 0 Å². The van der Waals surface area contributed by atoms with Crippen molar-refractivity contribution in [1.82, 2.24) is 0 Å². The molecule has 1 aromatic carbocycles. The molecule has 1 saturated carbocycles. The predicted octanol–water partition coefficient (Wildman–Crippen LogP) is 4.18. The minimum atomic E-state index is -0.731. The van der Waals surface area contributed by atoms with Gasteiger partial charge in [-0.1, -0.05) is 25.5 Å². The number of benzene rings is 1. The van der Waals surface area contributed by atoms with Crippen molar-refractivity contribution < 1.29 is 9.84 Å². The van der Waals surface area contributed by atoms with Gasteiger partial charge in [-0.05, 0) is 56.6 Å². The second-order valence-electron chi connectivity index (χ2n) is 6.75. The SMILES string of the molecule is COc1ccc(C)cc1C1(O)CCCC(C)(C)CC1. The molecule has 19 heavy (non-hydrogen) atoms. The molecule has 0 aromatic heterocycles. The second-order valence-corrected chi connectivity index (χ2v) is 6.75. The van der Waals surface area contributed by atoms with E-state index >= 15 is 0 Å². The van der Waals surface area contributed by atoms with Crippen LogP contribution in [-0.4, -0.2) is 12.2 Å². The van der Waals surface area contributed by atoms with Gasteiger partial charge in [0.15, 0.2) is 0 Å². The average molecular weight is 262 g/mol. The van der Waals surface area contributed by atoms with E-state index in [0.717, 1.165) is 37.0 Å². The third-order valence-corrected chi connectivity index (χ3v) is 4.52. The van der Waals surface area contributed by atoms with Crippen LogP contribution in [0.1, 0.15) is 57.1 Å². The third-order valence-electron chi connectivity index (χ3n) is 4.52. The first-order valence-corrected chi connectivity index (χ1v) is 7.24. The molecule has 106 valence electrons. The maximum absolute atomic E-state index is 11.1. The standard InChI is InChI=1S/C17H26O2/c1-13-6-7-15(19-4)14(12-13)17(18)9-5-8-16(2,3)10-11-17/h6-7,12,18H,5,8-11H2,1-4H3. The molecule has 1 N–H and O–H groups in total. The zero-order valence-electron chi connectivity index (χ0n) is 12.6. The van der Waals surface area contributed by atoms with E-state index in [2.05, 4.69) is 26.8 Å². The van der Waals surface area contributed by atoms with Crippen LogP contribution in [-0.2, 0) is 5.60 Å². The number of ether oxygens (including phenoxy) is 1. The van der Waals surface area contributed by atoms with Crippen LogP contribution in [0.25, 0.3) is 0 Å². The number of aryl methyl sites for hydroxylation is 1. The zero-order chi connectivity index (χ0) is 14.1. The highest BCUT2D eigenvalue weighted by Gasteiger charge is 2.37. The molecule has 0 radical (unpaired) electrons. The van der Waals surface area contributed by atoms with Crippen molar-refractivity contribution >= 4 is 0 Å². The van der Waals surface area contributed by atoms with Gasteiger partial charge in [0.25, 0.3) is 0 Å². The lowest BCUT2D eigenvalue weighted by molar-refractivity contribution is 0.0158. The topological polar surface area (TPSA) is 29.5 Å². The molecule has 1 atom stereocenters. The molecule has 1 unspecified atom stereocenters. The van der Waals surface area contributed by atoms with Gasteiger partial charge in [-0.2, -0.15) is 0 Å². The van der Waals surface area contributed by atoms with E-state index in [1.807, 2.05) is 12.1 Å². The van der Waals surface area contributed by atoms with Gasteiger partial charge in [0.05, 0.1) is 12.7 Å². The molecule has 0 bridgehead atoms. The Kier molecular flexibility index (Phi) is 3.91. The Labute approximate surface area is 116 Å². The normalized spacial score (nSPS) is 26.8. The maximum atomic E-state index is 11.1. The molecular weight excluding hydrogens is 236 g/mol. The third kappa shape index (κ3) is 3.11. The summed E-state index contributed by atoms with van der Waals surface area (Å²) in [6.45, 7) is 6.66. The van der Waals surface area contributed by atoms with E-state index in [0.29, 0.717) is 5.41 Å². The van der Waals surface area contributed by atoms with Crippen molar-refractivity contribution in [3.05, 3.63) is 29.3 Å². The number of aliphatic hydroxyl groups is 1. The summed E-state index contributed by atoms with van der Waals surface area (Å²) in [7, 11) is 1.68. The highest BCUT2D eigenvalue weighted by Crippen LogP contribution is 2.45. The molecule has 0 aliphatic heterocycles. The predicted molar refractivity (Wildman–Crippen MR) is 78.5 cm³/mol. The van der Waals surface area contributed by atoms with Crippen molar-refractivity contribution in [3.63, 3.8) is 0 Å². The highest BCUT2D eigenvalue weighted by molar-refractivity contribution is 5.41. The Morgan fingerprint density at radius 2 is 1.84 bits per heavy atom.